The molecule has 2 heterocycles. The fourth-order valence-corrected chi connectivity index (χ4v) is 3.13. The lowest BCUT2D eigenvalue weighted by atomic mass is 10.2. The van der Waals surface area contributed by atoms with Crippen LogP contribution < -0.4 is 5.32 Å². The van der Waals surface area contributed by atoms with Crippen LogP contribution in [0.2, 0.25) is 0 Å². The number of hydrogen-bond donors (Lipinski definition) is 2. The van der Waals surface area contributed by atoms with Crippen molar-refractivity contribution in [1.82, 2.24) is 10.2 Å². The van der Waals surface area contributed by atoms with Gasteiger partial charge in [0.1, 0.15) is 11.8 Å². The lowest BCUT2D eigenvalue weighted by Gasteiger charge is -2.27. The van der Waals surface area contributed by atoms with E-state index in [4.69, 9.17) is 4.42 Å². The standard InChI is InChI=1S/C15H20N2O4/c1-9-10(6-7-21-9)8-16-14(18)12-4-5-13(15(19)20)17(12)11-2-3-11/h6-7,11-13H,2-5,8H2,1H3,(H,16,18)(H,19,20). The number of furan rings is 1. The number of hydrogen-bond acceptors (Lipinski definition) is 4. The van der Waals surface area contributed by atoms with Gasteiger partial charge in [-0.2, -0.15) is 0 Å². The van der Waals surface area contributed by atoms with E-state index < -0.39 is 12.0 Å². The van der Waals surface area contributed by atoms with Gasteiger partial charge in [-0.1, -0.05) is 0 Å². The fraction of sp³-hybridized carbons (Fsp3) is 0.600. The van der Waals surface area contributed by atoms with E-state index in [0.29, 0.717) is 19.4 Å². The predicted molar refractivity (Wildman–Crippen MR) is 74.6 cm³/mol. The van der Waals surface area contributed by atoms with Crippen LogP contribution >= 0.6 is 0 Å². The van der Waals surface area contributed by atoms with E-state index in [2.05, 4.69) is 5.32 Å². The minimum absolute atomic E-state index is 0.0775. The molecule has 2 atom stereocenters. The zero-order chi connectivity index (χ0) is 15.0. The van der Waals surface area contributed by atoms with E-state index in [-0.39, 0.29) is 18.0 Å². The summed E-state index contributed by atoms with van der Waals surface area (Å²) in [6.45, 7) is 2.28. The Morgan fingerprint density at radius 2 is 2.05 bits per heavy atom. The first-order chi connectivity index (χ1) is 10.1. The molecule has 3 rings (SSSR count). The van der Waals surface area contributed by atoms with Crippen LogP contribution in [-0.4, -0.2) is 40.0 Å². The average Bonchev–Trinajstić information content (AvgIpc) is 3.05. The number of carboxylic acid groups (broad SMARTS) is 1. The van der Waals surface area contributed by atoms with Crippen LogP contribution in [0, 0.1) is 6.92 Å². The van der Waals surface area contributed by atoms with E-state index in [0.717, 1.165) is 24.2 Å². The SMILES string of the molecule is Cc1occc1CNC(=O)C1CCC(C(=O)O)N1C1CC1. The molecular formula is C15H20N2O4. The Labute approximate surface area is 123 Å². The quantitative estimate of drug-likeness (QED) is 0.854. The van der Waals surface area contributed by atoms with Crippen molar-refractivity contribution in [2.75, 3.05) is 0 Å². The van der Waals surface area contributed by atoms with Crippen LogP contribution in [0.3, 0.4) is 0 Å². The van der Waals surface area contributed by atoms with Crippen LogP contribution in [0.4, 0.5) is 0 Å². The summed E-state index contributed by atoms with van der Waals surface area (Å²) in [5.74, 6) is -0.0988. The molecule has 0 bridgehead atoms. The highest BCUT2D eigenvalue weighted by Gasteiger charge is 2.48. The maximum atomic E-state index is 12.4. The van der Waals surface area contributed by atoms with Crippen molar-refractivity contribution in [3.8, 4) is 0 Å². The molecule has 1 aromatic heterocycles. The second-order valence-electron chi connectivity index (χ2n) is 5.85. The monoisotopic (exact) mass is 292 g/mol. The number of carboxylic acids is 1. The van der Waals surface area contributed by atoms with Gasteiger partial charge in [0.25, 0.3) is 0 Å². The van der Waals surface area contributed by atoms with Crippen LogP contribution in [0.1, 0.15) is 37.0 Å². The molecule has 1 saturated carbocycles. The first kappa shape index (κ1) is 14.1. The number of likely N-dealkylation sites (tertiary alicyclic amines) is 1. The van der Waals surface area contributed by atoms with Gasteiger partial charge in [0.05, 0.1) is 12.3 Å². The van der Waals surface area contributed by atoms with Gasteiger partial charge in [-0.3, -0.25) is 14.5 Å². The third-order valence-corrected chi connectivity index (χ3v) is 4.41. The zero-order valence-corrected chi connectivity index (χ0v) is 12.0. The molecule has 0 radical (unpaired) electrons. The van der Waals surface area contributed by atoms with Gasteiger partial charge in [-0.05, 0) is 38.7 Å². The van der Waals surface area contributed by atoms with Crippen molar-refractivity contribution in [3.63, 3.8) is 0 Å². The predicted octanol–water partition coefficient (Wildman–Crippen LogP) is 1.28. The van der Waals surface area contributed by atoms with Crippen LogP contribution in [-0.2, 0) is 16.1 Å². The topological polar surface area (TPSA) is 82.8 Å². The lowest BCUT2D eigenvalue weighted by molar-refractivity contribution is -0.143. The van der Waals surface area contributed by atoms with Crippen molar-refractivity contribution in [2.24, 2.45) is 0 Å². The molecule has 2 N–H and O–H groups in total. The Bertz CT molecular complexity index is 550. The summed E-state index contributed by atoms with van der Waals surface area (Å²) in [5.41, 5.74) is 0.953. The number of nitrogens with one attached hydrogen (secondary N) is 1. The van der Waals surface area contributed by atoms with E-state index >= 15 is 0 Å². The summed E-state index contributed by atoms with van der Waals surface area (Å²) in [6.07, 6.45) is 4.75. The van der Waals surface area contributed by atoms with Gasteiger partial charge in [0.15, 0.2) is 0 Å². The fourth-order valence-electron chi connectivity index (χ4n) is 3.13. The minimum Gasteiger partial charge on any atom is -0.480 e. The molecule has 2 fully saturated rings. The number of nitrogens with zero attached hydrogens (tertiary/aromatic N) is 1. The van der Waals surface area contributed by atoms with Crippen LogP contribution in [0.25, 0.3) is 0 Å². The molecule has 6 nitrogen and oxygen atoms in total. The van der Waals surface area contributed by atoms with E-state index in [1.807, 2.05) is 17.9 Å². The van der Waals surface area contributed by atoms with Crippen LogP contribution in [0.5, 0.6) is 0 Å². The summed E-state index contributed by atoms with van der Waals surface area (Å²) in [4.78, 5) is 25.6. The Hall–Kier alpha value is -1.82. The maximum absolute atomic E-state index is 12.4. The molecule has 2 unspecified atom stereocenters. The molecule has 1 amide bonds. The number of aryl methyl sites for hydroxylation is 1. The van der Waals surface area contributed by atoms with Crippen molar-refractivity contribution >= 4 is 11.9 Å². The van der Waals surface area contributed by atoms with Crippen LogP contribution in [0.15, 0.2) is 16.7 Å². The Balaban J connectivity index is 1.64. The number of carbonyl (C=O) groups excluding carboxylic acids is 1. The minimum atomic E-state index is -0.817. The van der Waals surface area contributed by atoms with Crippen molar-refractivity contribution in [1.29, 1.82) is 0 Å². The largest absolute Gasteiger partial charge is 0.480 e. The van der Waals surface area contributed by atoms with Gasteiger partial charge in [0, 0.05) is 18.2 Å². The van der Waals surface area contributed by atoms with Gasteiger partial charge < -0.3 is 14.8 Å². The Morgan fingerprint density at radius 3 is 2.62 bits per heavy atom. The molecule has 1 aromatic rings. The smallest absolute Gasteiger partial charge is 0.320 e. The molecular weight excluding hydrogens is 272 g/mol. The molecule has 1 saturated heterocycles. The molecule has 114 valence electrons. The second kappa shape index (κ2) is 5.52. The van der Waals surface area contributed by atoms with E-state index in [9.17, 15) is 14.7 Å². The number of amides is 1. The zero-order valence-electron chi connectivity index (χ0n) is 12.0. The van der Waals surface area contributed by atoms with E-state index in [1.165, 1.54) is 0 Å². The third-order valence-electron chi connectivity index (χ3n) is 4.41. The highest BCUT2D eigenvalue weighted by Crippen LogP contribution is 2.37. The second-order valence-corrected chi connectivity index (χ2v) is 5.85. The maximum Gasteiger partial charge on any atom is 0.320 e. The molecule has 1 aliphatic heterocycles. The van der Waals surface area contributed by atoms with Gasteiger partial charge in [0.2, 0.25) is 5.91 Å². The van der Waals surface area contributed by atoms with Crippen molar-refractivity contribution in [2.45, 2.75) is 57.3 Å². The van der Waals surface area contributed by atoms with E-state index in [1.54, 1.807) is 6.26 Å². The normalized spacial score (nSPS) is 26.0. The Morgan fingerprint density at radius 1 is 1.33 bits per heavy atom. The average molecular weight is 292 g/mol. The van der Waals surface area contributed by atoms with Gasteiger partial charge in [-0.15, -0.1) is 0 Å². The summed E-state index contributed by atoms with van der Waals surface area (Å²) in [7, 11) is 0. The third kappa shape index (κ3) is 2.81. The molecule has 2 aliphatic rings. The molecule has 6 heteroatoms. The summed E-state index contributed by atoms with van der Waals surface area (Å²) in [6, 6.07) is 1.28. The first-order valence-electron chi connectivity index (χ1n) is 7.39. The molecule has 1 aliphatic carbocycles. The number of rotatable bonds is 5. The highest BCUT2D eigenvalue weighted by atomic mass is 16.4. The summed E-state index contributed by atoms with van der Waals surface area (Å²) >= 11 is 0. The summed E-state index contributed by atoms with van der Waals surface area (Å²) in [5, 5.41) is 12.2. The van der Waals surface area contributed by atoms with Gasteiger partial charge >= 0.3 is 5.97 Å². The lowest BCUT2D eigenvalue weighted by Crippen LogP contribution is -2.49. The van der Waals surface area contributed by atoms with Crippen molar-refractivity contribution < 1.29 is 19.1 Å². The van der Waals surface area contributed by atoms with Crippen molar-refractivity contribution in [3.05, 3.63) is 23.7 Å². The Kier molecular flexibility index (Phi) is 3.71. The van der Waals surface area contributed by atoms with Gasteiger partial charge in [-0.25, -0.2) is 0 Å². The number of carbonyl (C=O) groups is 2. The summed E-state index contributed by atoms with van der Waals surface area (Å²) < 4.78 is 5.20. The first-order valence-corrected chi connectivity index (χ1v) is 7.39. The molecule has 0 aromatic carbocycles. The number of aliphatic carboxylic acids is 1. The molecule has 21 heavy (non-hydrogen) atoms. The highest BCUT2D eigenvalue weighted by molar-refractivity contribution is 5.84. The molecule has 0 spiro atoms.